The molecule has 0 atom stereocenters. The minimum atomic E-state index is -0.954. The summed E-state index contributed by atoms with van der Waals surface area (Å²) in [6.07, 6.45) is 3.60. The van der Waals surface area contributed by atoms with Gasteiger partial charge in [-0.1, -0.05) is 42.5 Å². The smallest absolute Gasteiger partial charge is 0.333 e. The topological polar surface area (TPSA) is 95.8 Å². The van der Waals surface area contributed by atoms with Gasteiger partial charge in [-0.2, -0.15) is 0 Å². The van der Waals surface area contributed by atoms with Gasteiger partial charge in [0.1, 0.15) is 5.69 Å². The van der Waals surface area contributed by atoms with Crippen LogP contribution in [-0.2, 0) is 16.0 Å². The van der Waals surface area contributed by atoms with E-state index >= 15 is 0 Å². The summed E-state index contributed by atoms with van der Waals surface area (Å²) in [5.74, 6) is -1.14. The third-order valence-corrected chi connectivity index (χ3v) is 4.90. The molecular weight excluding hydrogens is 356 g/mol. The highest BCUT2D eigenvalue weighted by atomic mass is 16.4. The summed E-state index contributed by atoms with van der Waals surface area (Å²) in [4.78, 5) is 34.6. The lowest BCUT2D eigenvalue weighted by atomic mass is 9.96. The van der Waals surface area contributed by atoms with Crippen LogP contribution < -0.4 is 5.32 Å². The van der Waals surface area contributed by atoms with Crippen molar-refractivity contribution in [2.45, 2.75) is 38.5 Å². The van der Waals surface area contributed by atoms with Crippen molar-refractivity contribution in [3.05, 3.63) is 70.3 Å². The molecule has 0 aliphatic heterocycles. The van der Waals surface area contributed by atoms with Crippen LogP contribution in [-0.4, -0.2) is 17.0 Å². The Hall–Kier alpha value is -3.28. The highest BCUT2D eigenvalue weighted by molar-refractivity contribution is 5.89. The molecule has 2 aromatic rings. The maximum Gasteiger partial charge on any atom is 0.333 e. The summed E-state index contributed by atoms with van der Waals surface area (Å²) in [5, 5.41) is 15.1. The van der Waals surface area contributed by atoms with E-state index in [2.05, 4.69) is 10.5 Å². The number of hydrogen-bond donors (Lipinski definition) is 2. The molecule has 6 heteroatoms. The molecule has 2 N–H and O–H groups in total. The molecule has 0 unspecified atom stereocenters. The van der Waals surface area contributed by atoms with Crippen LogP contribution >= 0.6 is 0 Å². The molecule has 1 amide bonds. The third kappa shape index (κ3) is 4.71. The van der Waals surface area contributed by atoms with E-state index < -0.39 is 5.97 Å². The van der Waals surface area contributed by atoms with Crippen LogP contribution in [0.4, 0.5) is 5.69 Å². The van der Waals surface area contributed by atoms with Crippen molar-refractivity contribution in [2.24, 2.45) is 5.18 Å². The first-order valence-electron chi connectivity index (χ1n) is 9.35. The maximum absolute atomic E-state index is 12.3. The van der Waals surface area contributed by atoms with Crippen LogP contribution in [0.5, 0.6) is 0 Å². The molecule has 1 aliphatic rings. The van der Waals surface area contributed by atoms with E-state index in [9.17, 15) is 19.6 Å². The van der Waals surface area contributed by atoms with Gasteiger partial charge in [-0.15, -0.1) is 4.91 Å². The fourth-order valence-electron chi connectivity index (χ4n) is 3.46. The first-order valence-corrected chi connectivity index (χ1v) is 9.35. The van der Waals surface area contributed by atoms with Gasteiger partial charge < -0.3 is 10.4 Å². The summed E-state index contributed by atoms with van der Waals surface area (Å²) in [6.45, 7) is 0. The molecule has 1 aliphatic carbocycles. The second-order valence-electron chi connectivity index (χ2n) is 6.83. The molecule has 0 heterocycles. The quantitative estimate of drug-likeness (QED) is 0.682. The Bertz CT molecular complexity index is 934. The van der Waals surface area contributed by atoms with Crippen molar-refractivity contribution in [2.75, 3.05) is 0 Å². The number of aliphatic carboxylic acids is 1. The van der Waals surface area contributed by atoms with Gasteiger partial charge in [-0.3, -0.25) is 4.79 Å². The number of nitroso groups, excluding NO2 is 1. The zero-order valence-electron chi connectivity index (χ0n) is 15.5. The van der Waals surface area contributed by atoms with E-state index in [4.69, 9.17) is 0 Å². The molecule has 6 nitrogen and oxygen atoms in total. The van der Waals surface area contributed by atoms with Gasteiger partial charge in [-0.25, -0.2) is 4.79 Å². The van der Waals surface area contributed by atoms with Gasteiger partial charge in [0.25, 0.3) is 0 Å². The van der Waals surface area contributed by atoms with Gasteiger partial charge >= 0.3 is 5.97 Å². The summed E-state index contributed by atoms with van der Waals surface area (Å²) < 4.78 is 0. The van der Waals surface area contributed by atoms with Crippen LogP contribution in [0.25, 0.3) is 11.1 Å². The number of aryl methyl sites for hydroxylation is 1. The Labute approximate surface area is 163 Å². The number of allylic oxidation sites excluding steroid dienone is 1. The zero-order valence-corrected chi connectivity index (χ0v) is 15.5. The number of carboxylic acid groups (broad SMARTS) is 1. The maximum atomic E-state index is 12.3. The lowest BCUT2D eigenvalue weighted by molar-refractivity contribution is -0.133. The second kappa shape index (κ2) is 9.08. The molecule has 0 saturated heterocycles. The fourth-order valence-corrected chi connectivity index (χ4v) is 3.46. The van der Waals surface area contributed by atoms with E-state index in [0.29, 0.717) is 36.2 Å². The van der Waals surface area contributed by atoms with Crippen LogP contribution in [0.15, 0.2) is 65.0 Å². The van der Waals surface area contributed by atoms with E-state index in [-0.39, 0.29) is 12.3 Å². The molecule has 0 bridgehead atoms. The number of carbonyl (C=O) groups is 2. The van der Waals surface area contributed by atoms with Crippen molar-refractivity contribution < 1.29 is 14.7 Å². The highest BCUT2D eigenvalue weighted by Gasteiger charge is 2.20. The van der Waals surface area contributed by atoms with Crippen molar-refractivity contribution in [1.82, 2.24) is 5.32 Å². The van der Waals surface area contributed by atoms with E-state index in [1.54, 1.807) is 12.1 Å². The predicted molar refractivity (Wildman–Crippen MR) is 107 cm³/mol. The Kier molecular flexibility index (Phi) is 6.32. The fraction of sp³-hybridized carbons (Fsp3) is 0.273. The Morgan fingerprint density at radius 3 is 2.61 bits per heavy atom. The largest absolute Gasteiger partial charge is 0.478 e. The molecule has 0 aromatic heterocycles. The number of nitrogens with zero attached hydrogens (tertiary/aromatic N) is 1. The minimum absolute atomic E-state index is 0.184. The van der Waals surface area contributed by atoms with Gasteiger partial charge in [0.05, 0.1) is 5.57 Å². The standard InChI is InChI=1S/C22H22N2O4/c25-21(23-19-10-3-2-9-18(19)22(26)27)13-12-15-6-5-7-16(14-15)17-8-1-4-11-20(17)24-28/h1,4-8,11,14H,2-3,9-10,12-13H2,(H,23,25)(H,26,27). The number of carboxylic acids is 1. The van der Waals surface area contributed by atoms with Gasteiger partial charge in [0.15, 0.2) is 0 Å². The zero-order chi connectivity index (χ0) is 19.9. The number of hydrogen-bond acceptors (Lipinski definition) is 4. The van der Waals surface area contributed by atoms with E-state index in [0.717, 1.165) is 29.5 Å². The van der Waals surface area contributed by atoms with Gasteiger partial charge in [0.2, 0.25) is 5.91 Å². The molecule has 3 rings (SSSR count). The van der Waals surface area contributed by atoms with E-state index in [1.165, 1.54) is 0 Å². The second-order valence-corrected chi connectivity index (χ2v) is 6.83. The number of carbonyl (C=O) groups excluding carboxylic acids is 1. The lowest BCUT2D eigenvalue weighted by Gasteiger charge is -2.18. The lowest BCUT2D eigenvalue weighted by Crippen LogP contribution is -2.27. The molecule has 2 aromatic carbocycles. The van der Waals surface area contributed by atoms with Crippen molar-refractivity contribution >= 4 is 17.6 Å². The van der Waals surface area contributed by atoms with Gasteiger partial charge in [-0.05, 0) is 54.5 Å². The van der Waals surface area contributed by atoms with Crippen LogP contribution in [0.2, 0.25) is 0 Å². The Balaban J connectivity index is 1.67. The highest BCUT2D eigenvalue weighted by Crippen LogP contribution is 2.30. The summed E-state index contributed by atoms with van der Waals surface area (Å²) in [7, 11) is 0. The Morgan fingerprint density at radius 2 is 1.82 bits per heavy atom. The van der Waals surface area contributed by atoms with Crippen LogP contribution in [0.3, 0.4) is 0 Å². The predicted octanol–water partition coefficient (Wildman–Crippen LogP) is 4.71. The molecule has 0 saturated carbocycles. The minimum Gasteiger partial charge on any atom is -0.478 e. The Morgan fingerprint density at radius 1 is 1.04 bits per heavy atom. The molecule has 0 spiro atoms. The third-order valence-electron chi connectivity index (χ3n) is 4.90. The first-order chi connectivity index (χ1) is 13.6. The normalized spacial score (nSPS) is 13.9. The van der Waals surface area contributed by atoms with Crippen LogP contribution in [0, 0.1) is 4.91 Å². The van der Waals surface area contributed by atoms with Crippen molar-refractivity contribution in [3.63, 3.8) is 0 Å². The summed E-state index contributed by atoms with van der Waals surface area (Å²) in [6, 6.07) is 14.8. The average molecular weight is 378 g/mol. The van der Waals surface area contributed by atoms with E-state index in [1.807, 2.05) is 36.4 Å². The van der Waals surface area contributed by atoms with Crippen molar-refractivity contribution in [1.29, 1.82) is 0 Å². The van der Waals surface area contributed by atoms with Crippen molar-refractivity contribution in [3.8, 4) is 11.1 Å². The first kappa shape index (κ1) is 19.5. The molecular formula is C22H22N2O4. The molecule has 28 heavy (non-hydrogen) atoms. The molecule has 0 radical (unpaired) electrons. The van der Waals surface area contributed by atoms with Crippen LogP contribution in [0.1, 0.15) is 37.7 Å². The monoisotopic (exact) mass is 378 g/mol. The molecule has 144 valence electrons. The number of amides is 1. The number of rotatable bonds is 7. The molecule has 0 fully saturated rings. The number of benzene rings is 2. The van der Waals surface area contributed by atoms with Gasteiger partial charge in [0, 0.05) is 17.7 Å². The number of nitrogens with one attached hydrogen (secondary N) is 1. The average Bonchev–Trinajstić information content (AvgIpc) is 2.72. The summed E-state index contributed by atoms with van der Waals surface area (Å²) in [5.41, 5.74) is 3.83. The SMILES string of the molecule is O=Nc1ccccc1-c1cccc(CCC(=O)NC2=C(C(=O)O)CCCC2)c1. The summed E-state index contributed by atoms with van der Waals surface area (Å²) >= 11 is 0.